The number of benzene rings is 1. The number of carbonyl (C=O) groups excluding carboxylic acids is 1. The van der Waals surface area contributed by atoms with Gasteiger partial charge in [0.05, 0.1) is 0 Å². The van der Waals surface area contributed by atoms with Crippen LogP contribution >= 0.6 is 0 Å². The molecule has 0 saturated heterocycles. The lowest BCUT2D eigenvalue weighted by atomic mass is 10.1. The molecule has 1 aliphatic rings. The third-order valence-corrected chi connectivity index (χ3v) is 4.40. The molecular formula is C17H27N3O. The van der Waals surface area contributed by atoms with Crippen LogP contribution in [0.5, 0.6) is 0 Å². The molecule has 0 bridgehead atoms. The number of hydrogen-bond acceptors (Lipinski definition) is 3. The zero-order chi connectivity index (χ0) is 15.2. The van der Waals surface area contributed by atoms with Crippen LogP contribution in [0, 0.1) is 6.92 Å². The van der Waals surface area contributed by atoms with E-state index in [9.17, 15) is 4.79 Å². The molecule has 21 heavy (non-hydrogen) atoms. The monoisotopic (exact) mass is 289 g/mol. The lowest BCUT2D eigenvalue weighted by Crippen LogP contribution is -2.35. The third kappa shape index (κ3) is 4.46. The summed E-state index contributed by atoms with van der Waals surface area (Å²) in [5, 5.41) is 2.99. The number of nitrogens with two attached hydrogens (primary N) is 1. The molecule has 1 fully saturated rings. The van der Waals surface area contributed by atoms with Crippen LogP contribution in [0.3, 0.4) is 0 Å². The van der Waals surface area contributed by atoms with E-state index in [0.29, 0.717) is 12.5 Å². The summed E-state index contributed by atoms with van der Waals surface area (Å²) in [5.41, 5.74) is 8.32. The fourth-order valence-electron chi connectivity index (χ4n) is 3.15. The minimum absolute atomic E-state index is 0.0827. The molecule has 0 heterocycles. The molecule has 1 amide bonds. The van der Waals surface area contributed by atoms with E-state index >= 15 is 0 Å². The van der Waals surface area contributed by atoms with Crippen LogP contribution in [-0.2, 0) is 4.79 Å². The fraction of sp³-hybridized carbons (Fsp3) is 0.588. The van der Waals surface area contributed by atoms with Crippen LogP contribution in [0.4, 0.5) is 11.4 Å². The number of nitrogens with one attached hydrogen (secondary N) is 1. The van der Waals surface area contributed by atoms with Crippen molar-refractivity contribution < 1.29 is 4.79 Å². The Kier molecular flexibility index (Phi) is 5.62. The largest absolute Gasteiger partial charge is 0.399 e. The van der Waals surface area contributed by atoms with Crippen molar-refractivity contribution in [2.24, 2.45) is 0 Å². The summed E-state index contributed by atoms with van der Waals surface area (Å²) in [4.78, 5) is 14.6. The highest BCUT2D eigenvalue weighted by Gasteiger charge is 2.21. The van der Waals surface area contributed by atoms with Gasteiger partial charge in [-0.15, -0.1) is 0 Å². The average molecular weight is 289 g/mol. The van der Waals surface area contributed by atoms with Gasteiger partial charge in [-0.25, -0.2) is 0 Å². The van der Waals surface area contributed by atoms with Gasteiger partial charge in [-0.3, -0.25) is 4.79 Å². The zero-order valence-corrected chi connectivity index (χ0v) is 13.2. The number of carbonyl (C=O) groups is 1. The predicted molar refractivity (Wildman–Crippen MR) is 88.3 cm³/mol. The van der Waals surface area contributed by atoms with Crippen molar-refractivity contribution in [3.8, 4) is 0 Å². The molecule has 0 aromatic heterocycles. The van der Waals surface area contributed by atoms with E-state index < -0.39 is 0 Å². The number of aryl methyl sites for hydroxylation is 1. The van der Waals surface area contributed by atoms with Crippen LogP contribution in [-0.4, -0.2) is 29.9 Å². The van der Waals surface area contributed by atoms with Gasteiger partial charge in [0.1, 0.15) is 0 Å². The number of hydrogen-bond donors (Lipinski definition) is 2. The summed E-state index contributed by atoms with van der Waals surface area (Å²) in [6, 6.07) is 6.25. The van der Waals surface area contributed by atoms with Crippen LogP contribution in [0.2, 0.25) is 0 Å². The van der Waals surface area contributed by atoms with Crippen LogP contribution < -0.4 is 11.1 Å². The highest BCUT2D eigenvalue weighted by Crippen LogP contribution is 2.23. The number of rotatable bonds is 6. The quantitative estimate of drug-likeness (QED) is 0.791. The Bertz CT molecular complexity index is 481. The fourth-order valence-corrected chi connectivity index (χ4v) is 3.15. The molecule has 4 heteroatoms. The maximum Gasteiger partial charge on any atom is 0.225 e. The Labute approximate surface area is 127 Å². The highest BCUT2D eigenvalue weighted by molar-refractivity contribution is 5.91. The van der Waals surface area contributed by atoms with E-state index in [4.69, 9.17) is 5.73 Å². The van der Waals surface area contributed by atoms with Gasteiger partial charge in [-0.05, 0) is 50.1 Å². The Morgan fingerprint density at radius 3 is 2.71 bits per heavy atom. The number of nitrogen functional groups attached to an aromatic ring is 1. The topological polar surface area (TPSA) is 58.4 Å². The van der Waals surface area contributed by atoms with Gasteiger partial charge in [0.25, 0.3) is 0 Å². The summed E-state index contributed by atoms with van der Waals surface area (Å²) in [5.74, 6) is 0.0827. The molecule has 1 aromatic carbocycles. The molecule has 3 N–H and O–H groups in total. The smallest absolute Gasteiger partial charge is 0.225 e. The van der Waals surface area contributed by atoms with Gasteiger partial charge in [0.15, 0.2) is 0 Å². The predicted octanol–water partition coefficient (Wildman–Crippen LogP) is 3.17. The van der Waals surface area contributed by atoms with E-state index in [1.807, 2.05) is 25.1 Å². The second-order valence-electron chi connectivity index (χ2n) is 5.94. The van der Waals surface area contributed by atoms with Crippen molar-refractivity contribution in [2.75, 3.05) is 24.1 Å². The van der Waals surface area contributed by atoms with Gasteiger partial charge in [0.2, 0.25) is 5.91 Å². The number of amides is 1. The SMILES string of the molecule is CCN(CCC(=O)Nc1ccc(N)cc1C)C1CCCC1. The maximum atomic E-state index is 12.1. The van der Waals surface area contributed by atoms with Gasteiger partial charge in [-0.2, -0.15) is 0 Å². The standard InChI is InChI=1S/C17H27N3O/c1-3-20(15-6-4-5-7-15)11-10-17(21)19-16-9-8-14(18)12-13(16)2/h8-9,12,15H,3-7,10-11,18H2,1-2H3,(H,19,21). The van der Waals surface area contributed by atoms with E-state index in [1.165, 1.54) is 25.7 Å². The van der Waals surface area contributed by atoms with E-state index in [0.717, 1.165) is 30.0 Å². The van der Waals surface area contributed by atoms with Gasteiger partial charge in [0, 0.05) is 30.4 Å². The van der Waals surface area contributed by atoms with Crippen molar-refractivity contribution in [3.63, 3.8) is 0 Å². The van der Waals surface area contributed by atoms with E-state index in [2.05, 4.69) is 17.1 Å². The minimum atomic E-state index is 0.0827. The van der Waals surface area contributed by atoms with Crippen molar-refractivity contribution in [2.45, 2.75) is 52.0 Å². The Morgan fingerprint density at radius 2 is 2.10 bits per heavy atom. The molecule has 2 rings (SSSR count). The molecule has 1 aromatic rings. The summed E-state index contributed by atoms with van der Waals surface area (Å²) in [6.45, 7) is 6.02. The first-order valence-electron chi connectivity index (χ1n) is 8.00. The molecule has 0 unspecified atom stereocenters. The number of nitrogens with zero attached hydrogens (tertiary/aromatic N) is 1. The minimum Gasteiger partial charge on any atom is -0.399 e. The van der Waals surface area contributed by atoms with Crippen LogP contribution in [0.25, 0.3) is 0 Å². The summed E-state index contributed by atoms with van der Waals surface area (Å²) in [6.07, 6.45) is 5.78. The molecular weight excluding hydrogens is 262 g/mol. The first kappa shape index (κ1) is 15.8. The first-order valence-corrected chi connectivity index (χ1v) is 8.00. The Hall–Kier alpha value is -1.55. The van der Waals surface area contributed by atoms with Gasteiger partial charge in [-0.1, -0.05) is 19.8 Å². The second-order valence-corrected chi connectivity index (χ2v) is 5.94. The zero-order valence-electron chi connectivity index (χ0n) is 13.2. The molecule has 0 aliphatic heterocycles. The third-order valence-electron chi connectivity index (χ3n) is 4.40. The van der Waals surface area contributed by atoms with Crippen molar-refractivity contribution in [3.05, 3.63) is 23.8 Å². The highest BCUT2D eigenvalue weighted by atomic mass is 16.1. The van der Waals surface area contributed by atoms with E-state index in [-0.39, 0.29) is 5.91 Å². The van der Waals surface area contributed by atoms with E-state index in [1.54, 1.807) is 0 Å². The normalized spacial score (nSPS) is 15.6. The average Bonchev–Trinajstić information content (AvgIpc) is 2.97. The summed E-state index contributed by atoms with van der Waals surface area (Å²) in [7, 11) is 0. The second kappa shape index (κ2) is 7.46. The van der Waals surface area contributed by atoms with Crippen LogP contribution in [0.15, 0.2) is 18.2 Å². The van der Waals surface area contributed by atoms with Gasteiger partial charge < -0.3 is 16.0 Å². The Balaban J connectivity index is 1.83. The van der Waals surface area contributed by atoms with Crippen molar-refractivity contribution >= 4 is 17.3 Å². The lowest BCUT2D eigenvalue weighted by molar-refractivity contribution is -0.116. The summed E-state index contributed by atoms with van der Waals surface area (Å²) >= 11 is 0. The summed E-state index contributed by atoms with van der Waals surface area (Å²) < 4.78 is 0. The first-order chi connectivity index (χ1) is 10.1. The van der Waals surface area contributed by atoms with Crippen LogP contribution in [0.1, 0.15) is 44.6 Å². The molecule has 0 radical (unpaired) electrons. The van der Waals surface area contributed by atoms with Crippen molar-refractivity contribution in [1.82, 2.24) is 4.90 Å². The van der Waals surface area contributed by atoms with Gasteiger partial charge >= 0.3 is 0 Å². The molecule has 0 spiro atoms. The molecule has 0 atom stereocenters. The Morgan fingerprint density at radius 1 is 1.38 bits per heavy atom. The molecule has 116 valence electrons. The molecule has 1 aliphatic carbocycles. The van der Waals surface area contributed by atoms with Crippen molar-refractivity contribution in [1.29, 1.82) is 0 Å². The number of anilines is 2. The maximum absolute atomic E-state index is 12.1. The molecule has 1 saturated carbocycles. The lowest BCUT2D eigenvalue weighted by Gasteiger charge is -2.27. The molecule has 4 nitrogen and oxygen atoms in total.